The molecule has 1 heterocycles. The van der Waals surface area contributed by atoms with E-state index in [-0.39, 0.29) is 11.8 Å². The van der Waals surface area contributed by atoms with E-state index >= 15 is 0 Å². The lowest BCUT2D eigenvalue weighted by atomic mass is 9.92. The maximum Gasteiger partial charge on any atom is 0.230 e. The second-order valence-electron chi connectivity index (χ2n) is 4.84. The third-order valence-electron chi connectivity index (χ3n) is 3.48. The van der Waals surface area contributed by atoms with E-state index in [1.807, 2.05) is 36.2 Å². The summed E-state index contributed by atoms with van der Waals surface area (Å²) in [4.78, 5) is 14.3. The fraction of sp³-hybridized carbons (Fsp3) is 0.533. The fourth-order valence-corrected chi connectivity index (χ4v) is 2.37. The molecule has 0 N–H and O–H groups in total. The number of likely N-dealkylation sites (N-methyl/N-ethyl adjacent to an activating group) is 1. The molecule has 0 aliphatic carbocycles. The number of hydrogen-bond acceptors (Lipinski definition) is 2. The van der Waals surface area contributed by atoms with Gasteiger partial charge in [0.15, 0.2) is 0 Å². The predicted molar refractivity (Wildman–Crippen MR) is 71.8 cm³/mol. The molecule has 0 bridgehead atoms. The molecule has 0 aromatic heterocycles. The second-order valence-corrected chi connectivity index (χ2v) is 4.84. The SMILES string of the molecule is CCCCN(C)C(=O)C1CCOc2ccccc21. The van der Waals surface area contributed by atoms with E-state index in [0.29, 0.717) is 6.61 Å². The first kappa shape index (κ1) is 12.9. The number of para-hydroxylation sites is 1. The van der Waals surface area contributed by atoms with Gasteiger partial charge in [0.25, 0.3) is 0 Å². The minimum Gasteiger partial charge on any atom is -0.493 e. The van der Waals surface area contributed by atoms with Crippen LogP contribution in [0.15, 0.2) is 24.3 Å². The first-order chi connectivity index (χ1) is 8.74. The van der Waals surface area contributed by atoms with Crippen LogP contribution in [0.25, 0.3) is 0 Å². The largest absolute Gasteiger partial charge is 0.493 e. The number of benzene rings is 1. The minimum atomic E-state index is -0.0307. The van der Waals surface area contributed by atoms with Crippen molar-refractivity contribution in [1.29, 1.82) is 0 Å². The highest BCUT2D eigenvalue weighted by Crippen LogP contribution is 2.34. The first-order valence-corrected chi connectivity index (χ1v) is 6.70. The topological polar surface area (TPSA) is 29.5 Å². The Kier molecular flexibility index (Phi) is 4.24. The zero-order chi connectivity index (χ0) is 13.0. The van der Waals surface area contributed by atoms with Crippen LogP contribution < -0.4 is 4.74 Å². The summed E-state index contributed by atoms with van der Waals surface area (Å²) in [5, 5.41) is 0. The molecule has 0 saturated heterocycles. The highest BCUT2D eigenvalue weighted by Gasteiger charge is 2.29. The minimum absolute atomic E-state index is 0.0307. The lowest BCUT2D eigenvalue weighted by Gasteiger charge is -2.28. The average molecular weight is 247 g/mol. The molecular weight excluding hydrogens is 226 g/mol. The van der Waals surface area contributed by atoms with Crippen molar-refractivity contribution >= 4 is 5.91 Å². The van der Waals surface area contributed by atoms with E-state index in [9.17, 15) is 4.79 Å². The number of fused-ring (bicyclic) bond motifs is 1. The Morgan fingerprint density at radius 1 is 1.44 bits per heavy atom. The highest BCUT2D eigenvalue weighted by molar-refractivity contribution is 5.84. The number of carbonyl (C=O) groups excluding carboxylic acids is 1. The molecule has 1 atom stereocenters. The van der Waals surface area contributed by atoms with Gasteiger partial charge in [0.1, 0.15) is 5.75 Å². The number of rotatable bonds is 4. The van der Waals surface area contributed by atoms with Gasteiger partial charge in [0.2, 0.25) is 5.91 Å². The molecule has 3 nitrogen and oxygen atoms in total. The number of nitrogens with zero attached hydrogens (tertiary/aromatic N) is 1. The Hall–Kier alpha value is -1.51. The molecule has 0 spiro atoms. The molecule has 3 heteroatoms. The van der Waals surface area contributed by atoms with Crippen LogP contribution in [0.4, 0.5) is 0 Å². The quantitative estimate of drug-likeness (QED) is 0.818. The van der Waals surface area contributed by atoms with Crippen molar-refractivity contribution < 1.29 is 9.53 Å². The van der Waals surface area contributed by atoms with Crippen LogP contribution in [0.5, 0.6) is 5.75 Å². The summed E-state index contributed by atoms with van der Waals surface area (Å²) < 4.78 is 5.59. The van der Waals surface area contributed by atoms with Gasteiger partial charge in [-0.2, -0.15) is 0 Å². The predicted octanol–water partition coefficient (Wildman–Crippen LogP) is 2.81. The van der Waals surface area contributed by atoms with E-state index in [4.69, 9.17) is 4.74 Å². The van der Waals surface area contributed by atoms with E-state index < -0.39 is 0 Å². The number of ether oxygens (including phenoxy) is 1. The van der Waals surface area contributed by atoms with Gasteiger partial charge in [-0.3, -0.25) is 4.79 Å². The molecule has 98 valence electrons. The molecule has 1 aliphatic rings. The van der Waals surface area contributed by atoms with Crippen molar-refractivity contribution in [3.63, 3.8) is 0 Å². The maximum atomic E-state index is 12.4. The van der Waals surface area contributed by atoms with Crippen molar-refractivity contribution in [3.05, 3.63) is 29.8 Å². The summed E-state index contributed by atoms with van der Waals surface area (Å²) in [5.41, 5.74) is 1.04. The monoisotopic (exact) mass is 247 g/mol. The summed E-state index contributed by atoms with van der Waals surface area (Å²) in [6.45, 7) is 3.62. The highest BCUT2D eigenvalue weighted by atomic mass is 16.5. The van der Waals surface area contributed by atoms with Gasteiger partial charge < -0.3 is 9.64 Å². The zero-order valence-electron chi connectivity index (χ0n) is 11.2. The van der Waals surface area contributed by atoms with Crippen molar-refractivity contribution in [1.82, 2.24) is 4.90 Å². The van der Waals surface area contributed by atoms with Gasteiger partial charge in [-0.05, 0) is 18.9 Å². The first-order valence-electron chi connectivity index (χ1n) is 6.70. The van der Waals surface area contributed by atoms with Crippen molar-refractivity contribution in [2.75, 3.05) is 20.2 Å². The van der Waals surface area contributed by atoms with Crippen LogP contribution in [0.3, 0.4) is 0 Å². The Morgan fingerprint density at radius 3 is 3.00 bits per heavy atom. The Labute approximate surface area is 109 Å². The third kappa shape index (κ3) is 2.66. The molecule has 1 aromatic carbocycles. The lowest BCUT2D eigenvalue weighted by Crippen LogP contribution is -2.34. The number of unbranched alkanes of at least 4 members (excludes halogenated alkanes) is 1. The van der Waals surface area contributed by atoms with Gasteiger partial charge in [-0.1, -0.05) is 31.5 Å². The van der Waals surface area contributed by atoms with Crippen LogP contribution in [0, 0.1) is 0 Å². The fourth-order valence-electron chi connectivity index (χ4n) is 2.37. The van der Waals surface area contributed by atoms with Crippen molar-refractivity contribution in [3.8, 4) is 5.75 Å². The van der Waals surface area contributed by atoms with Crippen LogP contribution in [0.1, 0.15) is 37.7 Å². The molecule has 1 amide bonds. The zero-order valence-corrected chi connectivity index (χ0v) is 11.2. The third-order valence-corrected chi connectivity index (χ3v) is 3.48. The molecule has 1 aromatic rings. The Morgan fingerprint density at radius 2 is 2.22 bits per heavy atom. The van der Waals surface area contributed by atoms with E-state index in [2.05, 4.69) is 6.92 Å². The smallest absolute Gasteiger partial charge is 0.230 e. The van der Waals surface area contributed by atoms with E-state index in [0.717, 1.165) is 37.1 Å². The van der Waals surface area contributed by atoms with Crippen LogP contribution in [0.2, 0.25) is 0 Å². The van der Waals surface area contributed by atoms with Crippen LogP contribution in [-0.2, 0) is 4.79 Å². The van der Waals surface area contributed by atoms with Gasteiger partial charge >= 0.3 is 0 Å². The maximum absolute atomic E-state index is 12.4. The molecule has 0 radical (unpaired) electrons. The summed E-state index contributed by atoms with van der Waals surface area (Å²) in [6, 6.07) is 7.87. The van der Waals surface area contributed by atoms with Gasteiger partial charge in [-0.15, -0.1) is 0 Å². The van der Waals surface area contributed by atoms with Crippen molar-refractivity contribution in [2.45, 2.75) is 32.1 Å². The molecule has 18 heavy (non-hydrogen) atoms. The summed E-state index contributed by atoms with van der Waals surface area (Å²) >= 11 is 0. The van der Waals surface area contributed by atoms with Crippen LogP contribution in [-0.4, -0.2) is 31.0 Å². The Bertz CT molecular complexity index is 417. The molecule has 1 aliphatic heterocycles. The van der Waals surface area contributed by atoms with Gasteiger partial charge in [-0.25, -0.2) is 0 Å². The van der Waals surface area contributed by atoms with E-state index in [1.165, 1.54) is 0 Å². The summed E-state index contributed by atoms with van der Waals surface area (Å²) in [6.07, 6.45) is 2.96. The van der Waals surface area contributed by atoms with Crippen molar-refractivity contribution in [2.24, 2.45) is 0 Å². The molecule has 2 rings (SSSR count). The van der Waals surface area contributed by atoms with Crippen LogP contribution >= 0.6 is 0 Å². The number of carbonyl (C=O) groups is 1. The second kappa shape index (κ2) is 5.89. The number of amides is 1. The summed E-state index contributed by atoms with van der Waals surface area (Å²) in [5.74, 6) is 1.06. The molecule has 0 fully saturated rings. The molecule has 0 saturated carbocycles. The Balaban J connectivity index is 2.12. The molecular formula is C15H21NO2. The lowest BCUT2D eigenvalue weighted by molar-refractivity contribution is -0.132. The normalized spacial score (nSPS) is 17.8. The van der Waals surface area contributed by atoms with Gasteiger partial charge in [0.05, 0.1) is 12.5 Å². The molecule has 1 unspecified atom stereocenters. The van der Waals surface area contributed by atoms with E-state index in [1.54, 1.807) is 0 Å². The summed E-state index contributed by atoms with van der Waals surface area (Å²) in [7, 11) is 1.90. The number of hydrogen-bond donors (Lipinski definition) is 0. The average Bonchev–Trinajstić information content (AvgIpc) is 2.43. The standard InChI is InChI=1S/C15H21NO2/c1-3-4-10-16(2)15(17)13-9-11-18-14-8-6-5-7-12(13)14/h5-8,13H,3-4,9-11H2,1-2H3. The van der Waals surface area contributed by atoms with Gasteiger partial charge in [0, 0.05) is 19.2 Å².